The van der Waals surface area contributed by atoms with Crippen LogP contribution in [0.4, 0.5) is 13.2 Å². The first-order chi connectivity index (χ1) is 9.85. The number of halogens is 3. The predicted octanol–water partition coefficient (Wildman–Crippen LogP) is 2.73. The smallest absolute Gasteiger partial charge is 0.304 e. The summed E-state index contributed by atoms with van der Waals surface area (Å²) in [7, 11) is 2.01. The summed E-state index contributed by atoms with van der Waals surface area (Å²) in [6.45, 7) is 3.43. The Labute approximate surface area is 126 Å². The minimum atomic E-state index is -4.38. The third kappa shape index (κ3) is 5.01. The molecule has 0 aliphatic carbocycles. The van der Waals surface area contributed by atoms with Crippen LogP contribution < -0.4 is 0 Å². The number of carbonyl (C=O) groups is 1. The molecule has 0 N–H and O–H groups in total. The van der Waals surface area contributed by atoms with Crippen molar-refractivity contribution in [1.29, 1.82) is 0 Å². The molecule has 0 bridgehead atoms. The highest BCUT2D eigenvalue weighted by atomic mass is 32.2. The monoisotopic (exact) mass is 318 g/mol. The number of benzene rings is 1. The Morgan fingerprint density at radius 1 is 1.19 bits per heavy atom. The number of thioether (sulfide) groups is 1. The van der Waals surface area contributed by atoms with E-state index in [1.54, 1.807) is 6.07 Å². The Bertz CT molecular complexity index is 499. The van der Waals surface area contributed by atoms with Gasteiger partial charge in [-0.25, -0.2) is 0 Å². The summed E-state index contributed by atoms with van der Waals surface area (Å²) in [4.78, 5) is 16.4. The van der Waals surface area contributed by atoms with Crippen molar-refractivity contribution in [2.45, 2.75) is 10.4 Å². The highest BCUT2D eigenvalue weighted by Crippen LogP contribution is 2.38. The Hall–Kier alpha value is -1.05. The first-order valence-corrected chi connectivity index (χ1v) is 7.46. The number of likely N-dealkylation sites (N-methyl/N-ethyl adjacent to an activating group) is 1. The molecule has 1 fully saturated rings. The van der Waals surface area contributed by atoms with Crippen LogP contribution >= 0.6 is 11.8 Å². The second kappa shape index (κ2) is 6.81. The molecule has 1 aliphatic heterocycles. The molecule has 0 saturated carbocycles. The van der Waals surface area contributed by atoms with Crippen LogP contribution in [0.3, 0.4) is 0 Å². The van der Waals surface area contributed by atoms with E-state index in [9.17, 15) is 18.0 Å². The maximum absolute atomic E-state index is 12.5. The Balaban J connectivity index is 2.05. The first-order valence-electron chi connectivity index (χ1n) is 6.64. The van der Waals surface area contributed by atoms with Crippen molar-refractivity contribution >= 4 is 17.5 Å². The fourth-order valence-electron chi connectivity index (χ4n) is 2.20. The molecular formula is C14H17F3N2OS. The van der Waals surface area contributed by atoms with Crippen LogP contribution in [0.25, 0.3) is 0 Å². The number of Topliss-reactive ketones (excluding diaryl/α,β-unsaturated/α-hetero) is 1. The average Bonchev–Trinajstić information content (AvgIpc) is 2.40. The second-order valence-corrected chi connectivity index (χ2v) is 6.15. The van der Waals surface area contributed by atoms with Gasteiger partial charge in [0.15, 0.2) is 5.78 Å². The third-order valence-corrected chi connectivity index (χ3v) is 4.18. The molecule has 7 heteroatoms. The van der Waals surface area contributed by atoms with Crippen LogP contribution in [0.1, 0.15) is 10.4 Å². The van der Waals surface area contributed by atoms with E-state index < -0.39 is 5.51 Å². The topological polar surface area (TPSA) is 23.6 Å². The van der Waals surface area contributed by atoms with Gasteiger partial charge in [0, 0.05) is 36.6 Å². The number of piperazine rings is 1. The van der Waals surface area contributed by atoms with Crippen molar-refractivity contribution in [3.05, 3.63) is 29.8 Å². The molecule has 1 aliphatic rings. The minimum Gasteiger partial charge on any atom is -0.304 e. The normalized spacial score (nSPS) is 17.9. The summed E-state index contributed by atoms with van der Waals surface area (Å²) in [6.07, 6.45) is 0. The van der Waals surface area contributed by atoms with Crippen molar-refractivity contribution < 1.29 is 18.0 Å². The maximum Gasteiger partial charge on any atom is 0.446 e. The van der Waals surface area contributed by atoms with Gasteiger partial charge in [-0.1, -0.05) is 18.2 Å². The van der Waals surface area contributed by atoms with Gasteiger partial charge < -0.3 is 4.90 Å². The molecule has 0 spiro atoms. The molecule has 0 aromatic heterocycles. The summed E-state index contributed by atoms with van der Waals surface area (Å²) in [6, 6.07) is 5.92. The second-order valence-electron chi connectivity index (χ2n) is 5.05. The average molecular weight is 318 g/mol. The van der Waals surface area contributed by atoms with Crippen molar-refractivity contribution in [3.8, 4) is 0 Å². The molecule has 0 atom stereocenters. The van der Waals surface area contributed by atoms with E-state index in [4.69, 9.17) is 0 Å². The lowest BCUT2D eigenvalue weighted by Crippen LogP contribution is -2.46. The lowest BCUT2D eigenvalue weighted by atomic mass is 10.1. The standard InChI is InChI=1S/C14H17F3N2OS/c1-18-6-8-19(9-7-18)10-12(20)11-4-2-3-5-13(11)21-14(15,16)17/h2-5H,6-10H2,1H3. The van der Waals surface area contributed by atoms with Crippen LogP contribution in [0.15, 0.2) is 29.2 Å². The van der Waals surface area contributed by atoms with E-state index in [1.165, 1.54) is 18.2 Å². The van der Waals surface area contributed by atoms with Crippen LogP contribution in [-0.2, 0) is 0 Å². The summed E-state index contributed by atoms with van der Waals surface area (Å²) in [5.41, 5.74) is -4.23. The van der Waals surface area contributed by atoms with Gasteiger partial charge in [-0.05, 0) is 24.9 Å². The van der Waals surface area contributed by atoms with Crippen molar-refractivity contribution in [1.82, 2.24) is 9.80 Å². The molecule has 0 amide bonds. The zero-order chi connectivity index (χ0) is 15.5. The maximum atomic E-state index is 12.5. The summed E-state index contributed by atoms with van der Waals surface area (Å²) in [5.74, 6) is -0.257. The van der Waals surface area contributed by atoms with Gasteiger partial charge in [0.25, 0.3) is 0 Å². The molecule has 1 saturated heterocycles. The predicted molar refractivity (Wildman–Crippen MR) is 76.6 cm³/mol. The summed E-state index contributed by atoms with van der Waals surface area (Å²) in [5, 5.41) is 0. The van der Waals surface area contributed by atoms with Gasteiger partial charge >= 0.3 is 5.51 Å². The number of hydrogen-bond acceptors (Lipinski definition) is 4. The fraction of sp³-hybridized carbons (Fsp3) is 0.500. The number of nitrogens with zero attached hydrogens (tertiary/aromatic N) is 2. The number of alkyl halides is 3. The molecule has 1 aromatic carbocycles. The molecule has 1 aromatic rings. The van der Waals surface area contributed by atoms with Crippen molar-refractivity contribution in [3.63, 3.8) is 0 Å². The van der Waals surface area contributed by atoms with Crippen LogP contribution in [0, 0.1) is 0 Å². The van der Waals surface area contributed by atoms with Gasteiger partial charge in [-0.2, -0.15) is 13.2 Å². The summed E-state index contributed by atoms with van der Waals surface area (Å²) < 4.78 is 37.6. The Morgan fingerprint density at radius 2 is 1.81 bits per heavy atom. The van der Waals surface area contributed by atoms with E-state index in [0.717, 1.165) is 26.2 Å². The third-order valence-electron chi connectivity index (χ3n) is 3.38. The first kappa shape index (κ1) is 16.3. The van der Waals surface area contributed by atoms with Gasteiger partial charge in [0.1, 0.15) is 0 Å². The Morgan fingerprint density at radius 3 is 2.43 bits per heavy atom. The highest BCUT2D eigenvalue weighted by Gasteiger charge is 2.31. The number of hydrogen-bond donors (Lipinski definition) is 0. The highest BCUT2D eigenvalue weighted by molar-refractivity contribution is 8.00. The van der Waals surface area contributed by atoms with Crippen molar-refractivity contribution in [2.24, 2.45) is 0 Å². The van der Waals surface area contributed by atoms with E-state index in [0.29, 0.717) is 0 Å². The Kier molecular flexibility index (Phi) is 5.29. The van der Waals surface area contributed by atoms with Crippen LogP contribution in [0.5, 0.6) is 0 Å². The lowest BCUT2D eigenvalue weighted by Gasteiger charge is -2.31. The van der Waals surface area contributed by atoms with E-state index in [2.05, 4.69) is 4.90 Å². The van der Waals surface area contributed by atoms with Gasteiger partial charge in [0.2, 0.25) is 0 Å². The molecule has 0 radical (unpaired) electrons. The zero-order valence-corrected chi connectivity index (χ0v) is 12.5. The quantitative estimate of drug-likeness (QED) is 0.629. The fourth-order valence-corrected chi connectivity index (χ4v) is 2.89. The lowest BCUT2D eigenvalue weighted by molar-refractivity contribution is -0.0328. The number of carbonyl (C=O) groups excluding carboxylic acids is 1. The molecule has 116 valence electrons. The van der Waals surface area contributed by atoms with Crippen LogP contribution in [0.2, 0.25) is 0 Å². The SMILES string of the molecule is CN1CCN(CC(=O)c2ccccc2SC(F)(F)F)CC1. The van der Waals surface area contributed by atoms with E-state index in [-0.39, 0.29) is 34.5 Å². The van der Waals surface area contributed by atoms with Crippen molar-refractivity contribution in [2.75, 3.05) is 39.8 Å². The molecule has 3 nitrogen and oxygen atoms in total. The van der Waals surface area contributed by atoms with Gasteiger partial charge in [0.05, 0.1) is 6.54 Å². The minimum absolute atomic E-state index is 0.0240. The summed E-state index contributed by atoms with van der Waals surface area (Å²) >= 11 is -0.229. The van der Waals surface area contributed by atoms with Gasteiger partial charge in [-0.3, -0.25) is 9.69 Å². The largest absolute Gasteiger partial charge is 0.446 e. The molecule has 2 rings (SSSR count). The number of ketones is 1. The van der Waals surface area contributed by atoms with E-state index in [1.807, 2.05) is 11.9 Å². The molecular weight excluding hydrogens is 301 g/mol. The zero-order valence-electron chi connectivity index (χ0n) is 11.7. The molecule has 21 heavy (non-hydrogen) atoms. The number of rotatable bonds is 4. The molecule has 1 heterocycles. The van der Waals surface area contributed by atoms with Gasteiger partial charge in [-0.15, -0.1) is 0 Å². The van der Waals surface area contributed by atoms with Crippen LogP contribution in [-0.4, -0.2) is 60.9 Å². The van der Waals surface area contributed by atoms with E-state index >= 15 is 0 Å². The molecule has 0 unspecified atom stereocenters.